The molecule has 0 amide bonds. The molecular weight excluding hydrogens is 516 g/mol. The minimum absolute atomic E-state index is 0.116. The van der Waals surface area contributed by atoms with Crippen LogP contribution in [0.15, 0.2) is 82.6 Å². The van der Waals surface area contributed by atoms with Gasteiger partial charge in [0.1, 0.15) is 23.2 Å². The van der Waals surface area contributed by atoms with Crippen LogP contribution in [-0.4, -0.2) is 61.3 Å². The van der Waals surface area contributed by atoms with Gasteiger partial charge >= 0.3 is 5.97 Å². The molecule has 8 nitrogen and oxygen atoms in total. The predicted octanol–water partition coefficient (Wildman–Crippen LogP) is 3.04. The number of hydrogen-bond acceptors (Lipinski definition) is 8. The lowest BCUT2D eigenvalue weighted by Crippen LogP contribution is -2.42. The highest BCUT2D eigenvalue weighted by molar-refractivity contribution is 8.16. The lowest BCUT2D eigenvalue weighted by molar-refractivity contribution is -0.157. The van der Waals surface area contributed by atoms with E-state index in [4.69, 9.17) is 18.4 Å². The van der Waals surface area contributed by atoms with E-state index in [1.165, 1.54) is 0 Å². The molecule has 3 saturated heterocycles. The van der Waals surface area contributed by atoms with E-state index < -0.39 is 56.2 Å². The highest BCUT2D eigenvalue weighted by Gasteiger charge is 2.67. The van der Waals surface area contributed by atoms with Gasteiger partial charge in [-0.15, -0.1) is 10.5 Å². The number of carbonyl (C=O) groups excluding carboxylic acids is 2. The summed E-state index contributed by atoms with van der Waals surface area (Å²) in [4.78, 5) is 28.6. The third-order valence-electron chi connectivity index (χ3n) is 7.35. The summed E-state index contributed by atoms with van der Waals surface area (Å²) in [6.45, 7) is -0.327. The number of benzene rings is 2. The Hall–Kier alpha value is -3.05. The first kappa shape index (κ1) is 23.1. The number of rotatable bonds is 5. The van der Waals surface area contributed by atoms with Crippen LogP contribution in [-0.2, 0) is 28.6 Å². The molecule has 1 aliphatic carbocycles. The number of ether oxygens (including phenoxy) is 3. The number of Topliss-reactive ketones (excluding diaryl/α,β-unsaturated/α-hetero) is 1. The molecule has 0 spiro atoms. The van der Waals surface area contributed by atoms with Crippen LogP contribution < -0.4 is 4.74 Å². The molecule has 7 unspecified atom stereocenters. The summed E-state index contributed by atoms with van der Waals surface area (Å²) in [7, 11) is -4.09. The topological polar surface area (TPSA) is 105 Å². The quantitative estimate of drug-likeness (QED) is 0.325. The number of carbonyl (C=O) groups is 2. The average molecular weight is 539 g/mol. The van der Waals surface area contributed by atoms with E-state index in [2.05, 4.69) is 0 Å². The number of esters is 1. The summed E-state index contributed by atoms with van der Waals surface area (Å²) in [6, 6.07) is 15.2. The number of fused-ring (bicyclic) bond motifs is 3. The third-order valence-corrected chi connectivity index (χ3v) is 11.4. The van der Waals surface area contributed by atoms with Crippen molar-refractivity contribution in [2.24, 2.45) is 5.92 Å². The minimum Gasteiger partial charge on any atom is -0.482 e. The normalized spacial score (nSPS) is 33.8. The van der Waals surface area contributed by atoms with E-state index in [9.17, 15) is 18.0 Å². The first-order chi connectivity index (χ1) is 17.9. The van der Waals surface area contributed by atoms with Crippen LogP contribution in [0.4, 0.5) is 0 Å². The minimum atomic E-state index is -3.67. The van der Waals surface area contributed by atoms with Crippen LogP contribution in [0.3, 0.4) is 0 Å². The van der Waals surface area contributed by atoms with Crippen molar-refractivity contribution in [1.82, 2.24) is 0 Å². The van der Waals surface area contributed by atoms with Gasteiger partial charge in [-0.3, -0.25) is 8.98 Å². The highest BCUT2D eigenvalue weighted by atomic mass is 32.2. The number of allylic oxidation sites excluding steroid dienone is 4. The van der Waals surface area contributed by atoms with Crippen molar-refractivity contribution in [3.63, 3.8) is 0 Å². The maximum atomic E-state index is 13.1. The summed E-state index contributed by atoms with van der Waals surface area (Å²) in [6.07, 6.45) is 5.53. The van der Waals surface area contributed by atoms with Gasteiger partial charge in [0.25, 0.3) is 10.1 Å². The Morgan fingerprint density at radius 3 is 2.70 bits per heavy atom. The van der Waals surface area contributed by atoms with Gasteiger partial charge in [-0.1, -0.05) is 42.5 Å². The second-order valence-electron chi connectivity index (χ2n) is 9.47. The molecule has 2 bridgehead atoms. The van der Waals surface area contributed by atoms with Crippen molar-refractivity contribution in [2.75, 3.05) is 6.61 Å². The fraction of sp³-hybridized carbons (Fsp3) is 0.296. The Kier molecular flexibility index (Phi) is 5.30. The molecule has 3 fully saturated rings. The third kappa shape index (κ3) is 3.65. The monoisotopic (exact) mass is 538 g/mol. The number of hydrogen-bond donors (Lipinski definition) is 0. The van der Waals surface area contributed by atoms with Crippen molar-refractivity contribution >= 4 is 37.2 Å². The summed E-state index contributed by atoms with van der Waals surface area (Å²) in [5.74, 6) is -0.271. The molecule has 37 heavy (non-hydrogen) atoms. The fourth-order valence-electron chi connectivity index (χ4n) is 5.71. The van der Waals surface area contributed by atoms with Crippen molar-refractivity contribution in [1.29, 1.82) is 0 Å². The van der Waals surface area contributed by atoms with Gasteiger partial charge < -0.3 is 14.2 Å². The van der Waals surface area contributed by atoms with Crippen LogP contribution >= 0.6 is 10.5 Å². The maximum absolute atomic E-state index is 13.1. The van der Waals surface area contributed by atoms with E-state index >= 15 is 0 Å². The SMILES string of the molecule is O=C(COc1ccc(S2=C3C=CC=CC3C(=O)c3ccccc32)cc1)OC1C2CC3C(O2)C1OS3(=O)=O. The van der Waals surface area contributed by atoms with E-state index in [1.807, 2.05) is 60.7 Å². The molecule has 0 radical (unpaired) electrons. The lowest BCUT2D eigenvalue weighted by atomic mass is 9.91. The Morgan fingerprint density at radius 2 is 1.86 bits per heavy atom. The molecule has 2 aromatic rings. The molecule has 190 valence electrons. The molecule has 2 aromatic carbocycles. The number of ketones is 1. The molecule has 7 atom stereocenters. The zero-order chi connectivity index (χ0) is 25.3. The van der Waals surface area contributed by atoms with Crippen molar-refractivity contribution in [2.45, 2.75) is 45.9 Å². The van der Waals surface area contributed by atoms with Crippen LogP contribution in [0.1, 0.15) is 16.8 Å². The van der Waals surface area contributed by atoms with Crippen molar-refractivity contribution in [3.05, 3.63) is 78.4 Å². The van der Waals surface area contributed by atoms with Crippen molar-refractivity contribution < 1.29 is 36.4 Å². The Morgan fingerprint density at radius 1 is 1.05 bits per heavy atom. The van der Waals surface area contributed by atoms with Gasteiger partial charge in [-0.25, -0.2) is 4.79 Å². The average Bonchev–Trinajstić information content (AvgIpc) is 3.53. The van der Waals surface area contributed by atoms with Gasteiger partial charge in [0, 0.05) is 15.4 Å². The van der Waals surface area contributed by atoms with Crippen LogP contribution in [0.2, 0.25) is 0 Å². The lowest BCUT2D eigenvalue weighted by Gasteiger charge is -2.28. The van der Waals surface area contributed by atoms with Crippen LogP contribution in [0.25, 0.3) is 0 Å². The van der Waals surface area contributed by atoms with Gasteiger partial charge in [0.15, 0.2) is 18.5 Å². The first-order valence-electron chi connectivity index (χ1n) is 12.0. The predicted molar refractivity (Wildman–Crippen MR) is 134 cm³/mol. The smallest absolute Gasteiger partial charge is 0.344 e. The molecule has 0 N–H and O–H groups in total. The molecule has 4 heterocycles. The molecule has 4 aliphatic heterocycles. The summed E-state index contributed by atoms with van der Waals surface area (Å²) in [5, 5.41) is -0.671. The molecule has 0 aromatic heterocycles. The highest BCUT2D eigenvalue weighted by Crippen LogP contribution is 2.48. The standard InChI is InChI=1S/C27H22O8S2/c28-23(34-25-19-13-22-26(33-19)27(25)35-37(22,30)31)14-32-15-9-11-16(12-10-15)36-20-7-3-1-5-17(20)24(29)18-6-2-4-8-21(18)36/h1-12,17,19,22,25-27H,13-14H2. The van der Waals surface area contributed by atoms with E-state index in [0.717, 1.165) is 20.2 Å². The van der Waals surface area contributed by atoms with Crippen molar-refractivity contribution in [3.8, 4) is 5.75 Å². The second kappa shape index (κ2) is 8.49. The molecule has 0 saturated carbocycles. The van der Waals surface area contributed by atoms with Crippen LogP contribution in [0.5, 0.6) is 5.75 Å². The Bertz CT molecular complexity index is 1520. The largest absolute Gasteiger partial charge is 0.482 e. The van der Waals surface area contributed by atoms with Gasteiger partial charge in [-0.05, 0) is 41.6 Å². The van der Waals surface area contributed by atoms with E-state index in [-0.39, 0.29) is 24.7 Å². The molecule has 7 rings (SSSR count). The van der Waals surface area contributed by atoms with Gasteiger partial charge in [0.2, 0.25) is 0 Å². The summed E-state index contributed by atoms with van der Waals surface area (Å²) >= 11 is 0. The maximum Gasteiger partial charge on any atom is 0.344 e. The van der Waals surface area contributed by atoms with Crippen LogP contribution in [0, 0.1) is 5.92 Å². The fourth-order valence-corrected chi connectivity index (χ4v) is 9.80. The first-order valence-corrected chi connectivity index (χ1v) is 14.7. The summed E-state index contributed by atoms with van der Waals surface area (Å²) in [5.41, 5.74) is 0.748. The van der Waals surface area contributed by atoms with Gasteiger partial charge in [0.05, 0.1) is 12.0 Å². The van der Waals surface area contributed by atoms with Gasteiger partial charge in [-0.2, -0.15) is 8.42 Å². The zero-order valence-corrected chi connectivity index (χ0v) is 21.0. The molecular formula is C27H22O8S2. The molecule has 10 heteroatoms. The Labute approximate surface area is 215 Å². The Balaban J connectivity index is 1.06. The summed E-state index contributed by atoms with van der Waals surface area (Å²) < 4.78 is 46.0. The second-order valence-corrected chi connectivity index (χ2v) is 13.3. The van der Waals surface area contributed by atoms with E-state index in [0.29, 0.717) is 5.75 Å². The van der Waals surface area contributed by atoms with E-state index in [1.54, 1.807) is 12.1 Å². The zero-order valence-electron chi connectivity index (χ0n) is 19.4. The molecule has 5 aliphatic rings.